The topological polar surface area (TPSA) is 78.7 Å². The summed E-state index contributed by atoms with van der Waals surface area (Å²) in [5.41, 5.74) is 2.47. The summed E-state index contributed by atoms with van der Waals surface area (Å²) in [6.07, 6.45) is 0.325. The normalized spacial score (nSPS) is 15.3. The lowest BCUT2D eigenvalue weighted by Gasteiger charge is -2.35. The molecule has 1 N–H and O–H groups in total. The largest absolute Gasteiger partial charge is 0.441 e. The summed E-state index contributed by atoms with van der Waals surface area (Å²) in [4.78, 5) is 32.7. The second kappa shape index (κ2) is 7.58. The summed E-state index contributed by atoms with van der Waals surface area (Å²) >= 11 is 0. The van der Waals surface area contributed by atoms with E-state index in [1.807, 2.05) is 30.0 Å². The molecule has 0 saturated carbocycles. The first-order valence-electron chi connectivity index (χ1n) is 9.38. The van der Waals surface area contributed by atoms with Crippen molar-refractivity contribution in [3.63, 3.8) is 0 Å². The number of hydrogen-bond acceptors (Lipinski definition) is 4. The Morgan fingerprint density at radius 2 is 1.81 bits per heavy atom. The summed E-state index contributed by atoms with van der Waals surface area (Å²) in [6, 6.07) is 5.62. The number of piperazine rings is 1. The van der Waals surface area contributed by atoms with Gasteiger partial charge in [-0.1, -0.05) is 26.8 Å². The van der Waals surface area contributed by atoms with Crippen LogP contribution in [0.2, 0.25) is 0 Å². The third-order valence-electron chi connectivity index (χ3n) is 4.60. The predicted molar refractivity (Wildman–Crippen MR) is 103 cm³/mol. The SMILES string of the molecule is Cc1nc2ccc(CC(=O)N3CCN(C(=O)NCC(C)(C)C)CC3)cc2o1. The quantitative estimate of drug-likeness (QED) is 0.898. The van der Waals surface area contributed by atoms with Crippen LogP contribution in [0.15, 0.2) is 22.6 Å². The van der Waals surface area contributed by atoms with Gasteiger partial charge < -0.3 is 19.5 Å². The fraction of sp³-hybridized carbons (Fsp3) is 0.550. The minimum absolute atomic E-state index is 0.0522. The Labute approximate surface area is 159 Å². The molecule has 1 aliphatic heterocycles. The van der Waals surface area contributed by atoms with E-state index in [2.05, 4.69) is 31.1 Å². The first-order chi connectivity index (χ1) is 12.7. The molecule has 3 amide bonds. The first-order valence-corrected chi connectivity index (χ1v) is 9.38. The third kappa shape index (κ3) is 4.99. The maximum Gasteiger partial charge on any atom is 0.317 e. The Hall–Kier alpha value is -2.57. The second-order valence-corrected chi connectivity index (χ2v) is 8.30. The van der Waals surface area contributed by atoms with E-state index in [0.29, 0.717) is 50.6 Å². The minimum atomic E-state index is -0.0526. The van der Waals surface area contributed by atoms with Gasteiger partial charge in [0, 0.05) is 39.6 Å². The van der Waals surface area contributed by atoms with E-state index in [1.165, 1.54) is 0 Å². The third-order valence-corrected chi connectivity index (χ3v) is 4.60. The van der Waals surface area contributed by atoms with Crippen molar-refractivity contribution in [1.82, 2.24) is 20.1 Å². The second-order valence-electron chi connectivity index (χ2n) is 8.30. The van der Waals surface area contributed by atoms with Crippen LogP contribution in [0, 0.1) is 12.3 Å². The maximum atomic E-state index is 12.6. The lowest BCUT2D eigenvalue weighted by atomic mass is 9.97. The number of fused-ring (bicyclic) bond motifs is 1. The summed E-state index contributed by atoms with van der Waals surface area (Å²) in [6.45, 7) is 10.9. The highest BCUT2D eigenvalue weighted by Gasteiger charge is 2.25. The molecule has 7 nitrogen and oxygen atoms in total. The summed E-state index contributed by atoms with van der Waals surface area (Å²) in [7, 11) is 0. The number of benzene rings is 1. The van der Waals surface area contributed by atoms with Gasteiger partial charge in [0.25, 0.3) is 0 Å². The summed E-state index contributed by atoms with van der Waals surface area (Å²) in [5.74, 6) is 0.690. The zero-order chi connectivity index (χ0) is 19.6. The number of nitrogens with zero attached hydrogens (tertiary/aromatic N) is 3. The van der Waals surface area contributed by atoms with Gasteiger partial charge in [0.1, 0.15) is 5.52 Å². The van der Waals surface area contributed by atoms with Crippen molar-refractivity contribution in [2.24, 2.45) is 5.41 Å². The van der Waals surface area contributed by atoms with Gasteiger partial charge in [-0.15, -0.1) is 0 Å². The van der Waals surface area contributed by atoms with Gasteiger partial charge in [-0.2, -0.15) is 0 Å². The molecule has 1 aromatic carbocycles. The summed E-state index contributed by atoms with van der Waals surface area (Å²) < 4.78 is 5.54. The van der Waals surface area contributed by atoms with Crippen molar-refractivity contribution in [1.29, 1.82) is 0 Å². The van der Waals surface area contributed by atoms with Crippen molar-refractivity contribution >= 4 is 23.0 Å². The molecule has 1 fully saturated rings. The highest BCUT2D eigenvalue weighted by molar-refractivity contribution is 5.81. The Balaban J connectivity index is 1.51. The average Bonchev–Trinajstić information content (AvgIpc) is 2.98. The Morgan fingerprint density at radius 3 is 2.48 bits per heavy atom. The molecule has 0 unspecified atom stereocenters. The highest BCUT2D eigenvalue weighted by atomic mass is 16.3. The van der Waals surface area contributed by atoms with Crippen LogP contribution in [0.1, 0.15) is 32.2 Å². The van der Waals surface area contributed by atoms with E-state index < -0.39 is 0 Å². The lowest BCUT2D eigenvalue weighted by Crippen LogP contribution is -2.54. The molecule has 2 heterocycles. The number of aromatic nitrogens is 1. The number of oxazole rings is 1. The van der Waals surface area contributed by atoms with Crippen molar-refractivity contribution in [3.8, 4) is 0 Å². The molecule has 146 valence electrons. The van der Waals surface area contributed by atoms with Crippen molar-refractivity contribution in [2.75, 3.05) is 32.7 Å². The first kappa shape index (κ1) is 19.2. The van der Waals surface area contributed by atoms with Crippen LogP contribution >= 0.6 is 0 Å². The number of carbonyl (C=O) groups excluding carboxylic acids is 2. The zero-order valence-corrected chi connectivity index (χ0v) is 16.5. The smallest absolute Gasteiger partial charge is 0.317 e. The van der Waals surface area contributed by atoms with Gasteiger partial charge in [0.15, 0.2) is 11.5 Å². The van der Waals surface area contributed by atoms with Crippen LogP contribution in [0.5, 0.6) is 0 Å². The standard InChI is InChI=1S/C20H28N4O3/c1-14-22-16-6-5-15(11-17(16)27-14)12-18(25)23-7-9-24(10-8-23)19(26)21-13-20(2,3)4/h5-6,11H,7-10,12-13H2,1-4H3,(H,21,26). The van der Waals surface area contributed by atoms with E-state index >= 15 is 0 Å². The van der Waals surface area contributed by atoms with Gasteiger partial charge in [-0.05, 0) is 23.1 Å². The number of carbonyl (C=O) groups is 2. The number of hydrogen-bond donors (Lipinski definition) is 1. The Bertz CT molecular complexity index is 829. The predicted octanol–water partition coefficient (Wildman–Crippen LogP) is 2.58. The van der Waals surface area contributed by atoms with Crippen LogP contribution < -0.4 is 5.32 Å². The Morgan fingerprint density at radius 1 is 1.15 bits per heavy atom. The van der Waals surface area contributed by atoms with Crippen molar-refractivity contribution in [3.05, 3.63) is 29.7 Å². The summed E-state index contributed by atoms with van der Waals surface area (Å²) in [5, 5.41) is 2.96. The number of aryl methyl sites for hydroxylation is 1. The molecule has 3 rings (SSSR count). The minimum Gasteiger partial charge on any atom is -0.441 e. The fourth-order valence-electron chi connectivity index (χ4n) is 3.09. The molecule has 0 spiro atoms. The lowest BCUT2D eigenvalue weighted by molar-refractivity contribution is -0.131. The van der Waals surface area contributed by atoms with Crippen LogP contribution in [0.25, 0.3) is 11.1 Å². The van der Waals surface area contributed by atoms with E-state index in [-0.39, 0.29) is 17.4 Å². The molecule has 0 radical (unpaired) electrons. The molecular formula is C20H28N4O3. The molecule has 27 heavy (non-hydrogen) atoms. The van der Waals surface area contributed by atoms with E-state index in [0.717, 1.165) is 11.1 Å². The molecule has 2 aromatic rings. The monoisotopic (exact) mass is 372 g/mol. The fourth-order valence-corrected chi connectivity index (χ4v) is 3.09. The van der Waals surface area contributed by atoms with Crippen LogP contribution in [-0.2, 0) is 11.2 Å². The van der Waals surface area contributed by atoms with Gasteiger partial charge in [-0.25, -0.2) is 9.78 Å². The number of rotatable bonds is 3. The molecule has 0 atom stereocenters. The zero-order valence-electron chi connectivity index (χ0n) is 16.5. The van der Waals surface area contributed by atoms with Gasteiger partial charge in [0.2, 0.25) is 5.91 Å². The molecular weight excluding hydrogens is 344 g/mol. The van der Waals surface area contributed by atoms with E-state index in [4.69, 9.17) is 4.42 Å². The molecule has 1 aromatic heterocycles. The molecule has 7 heteroatoms. The average molecular weight is 372 g/mol. The maximum absolute atomic E-state index is 12.6. The number of urea groups is 1. The molecule has 1 aliphatic rings. The number of amides is 3. The number of nitrogens with one attached hydrogen (secondary N) is 1. The van der Waals surface area contributed by atoms with Crippen molar-refractivity contribution in [2.45, 2.75) is 34.1 Å². The van der Waals surface area contributed by atoms with Crippen molar-refractivity contribution < 1.29 is 14.0 Å². The van der Waals surface area contributed by atoms with Gasteiger partial charge in [0.05, 0.1) is 6.42 Å². The van der Waals surface area contributed by atoms with Crippen LogP contribution in [0.4, 0.5) is 4.79 Å². The molecule has 0 aliphatic carbocycles. The van der Waals surface area contributed by atoms with Crippen LogP contribution in [-0.4, -0.2) is 59.4 Å². The highest BCUT2D eigenvalue weighted by Crippen LogP contribution is 2.18. The molecule has 0 bridgehead atoms. The van der Waals surface area contributed by atoms with Crippen LogP contribution in [0.3, 0.4) is 0 Å². The van der Waals surface area contributed by atoms with Gasteiger partial charge >= 0.3 is 6.03 Å². The molecule has 1 saturated heterocycles. The van der Waals surface area contributed by atoms with Gasteiger partial charge in [-0.3, -0.25) is 4.79 Å². The van der Waals surface area contributed by atoms with E-state index in [9.17, 15) is 9.59 Å². The van der Waals surface area contributed by atoms with E-state index in [1.54, 1.807) is 4.90 Å². The Kier molecular flexibility index (Phi) is 5.39.